The summed E-state index contributed by atoms with van der Waals surface area (Å²) in [6.07, 6.45) is 0.749. The molecule has 0 spiro atoms. The van der Waals surface area contributed by atoms with Crippen LogP contribution in [-0.4, -0.2) is 30.2 Å². The van der Waals surface area contributed by atoms with Crippen LogP contribution in [0.3, 0.4) is 0 Å². The van der Waals surface area contributed by atoms with Gasteiger partial charge in [0.2, 0.25) is 0 Å². The van der Waals surface area contributed by atoms with Crippen LogP contribution in [0, 0.1) is 0 Å². The molecule has 12 heavy (non-hydrogen) atoms. The predicted octanol–water partition coefficient (Wildman–Crippen LogP) is 2.26. The molecule has 0 aromatic carbocycles. The Kier molecular flexibility index (Phi) is 5.51. The SMILES string of the molecule is CCCN(CC)C(=O)OC(C)C. The summed E-state index contributed by atoms with van der Waals surface area (Å²) < 4.78 is 5.04. The lowest BCUT2D eigenvalue weighted by Gasteiger charge is -2.20. The van der Waals surface area contributed by atoms with Crippen molar-refractivity contribution < 1.29 is 9.53 Å². The molecular weight excluding hydrogens is 154 g/mol. The van der Waals surface area contributed by atoms with Crippen molar-refractivity contribution in [2.45, 2.75) is 40.2 Å². The minimum Gasteiger partial charge on any atom is -0.447 e. The standard InChI is InChI=1S/C9H19NO2/c1-5-7-10(6-2)9(11)12-8(3)4/h8H,5-7H2,1-4H3. The highest BCUT2D eigenvalue weighted by Crippen LogP contribution is 1.98. The molecule has 0 bridgehead atoms. The first-order chi connectivity index (χ1) is 5.61. The molecule has 0 aromatic heterocycles. The Hall–Kier alpha value is -0.730. The maximum Gasteiger partial charge on any atom is 0.409 e. The number of ether oxygens (including phenoxy) is 1. The molecule has 0 atom stereocenters. The first-order valence-corrected chi connectivity index (χ1v) is 4.57. The van der Waals surface area contributed by atoms with Gasteiger partial charge in [-0.1, -0.05) is 6.92 Å². The van der Waals surface area contributed by atoms with Crippen LogP contribution >= 0.6 is 0 Å². The summed E-state index contributed by atoms with van der Waals surface area (Å²) in [4.78, 5) is 13.0. The van der Waals surface area contributed by atoms with Crippen molar-refractivity contribution in [1.82, 2.24) is 4.90 Å². The van der Waals surface area contributed by atoms with Crippen molar-refractivity contribution in [3.63, 3.8) is 0 Å². The zero-order valence-electron chi connectivity index (χ0n) is 8.46. The molecule has 3 heteroatoms. The molecule has 3 nitrogen and oxygen atoms in total. The van der Waals surface area contributed by atoms with E-state index in [4.69, 9.17) is 4.74 Å². The quantitative estimate of drug-likeness (QED) is 0.652. The highest BCUT2D eigenvalue weighted by Gasteiger charge is 2.12. The lowest BCUT2D eigenvalue weighted by atomic mass is 10.4. The fourth-order valence-electron chi connectivity index (χ4n) is 0.925. The lowest BCUT2D eigenvalue weighted by Crippen LogP contribution is -2.33. The smallest absolute Gasteiger partial charge is 0.409 e. The second kappa shape index (κ2) is 5.86. The number of hydrogen-bond acceptors (Lipinski definition) is 2. The Balaban J connectivity index is 3.85. The molecule has 0 heterocycles. The van der Waals surface area contributed by atoms with Gasteiger partial charge in [0.05, 0.1) is 6.10 Å². The Bertz CT molecular complexity index is 134. The van der Waals surface area contributed by atoms with Crippen LogP contribution in [-0.2, 0) is 4.74 Å². The topological polar surface area (TPSA) is 29.5 Å². The summed E-state index contributed by atoms with van der Waals surface area (Å²) in [5, 5.41) is 0. The predicted molar refractivity (Wildman–Crippen MR) is 49.2 cm³/mol. The molecule has 0 rings (SSSR count). The van der Waals surface area contributed by atoms with Crippen LogP contribution in [0.4, 0.5) is 4.79 Å². The van der Waals surface area contributed by atoms with Gasteiger partial charge in [0, 0.05) is 13.1 Å². The van der Waals surface area contributed by atoms with E-state index in [1.807, 2.05) is 27.7 Å². The van der Waals surface area contributed by atoms with Crippen molar-refractivity contribution in [2.75, 3.05) is 13.1 Å². The summed E-state index contributed by atoms with van der Waals surface area (Å²) in [5.41, 5.74) is 0. The van der Waals surface area contributed by atoms with Gasteiger partial charge in [0.25, 0.3) is 0 Å². The third kappa shape index (κ3) is 4.21. The summed E-state index contributed by atoms with van der Waals surface area (Å²) in [6, 6.07) is 0. The lowest BCUT2D eigenvalue weighted by molar-refractivity contribution is 0.0784. The number of nitrogens with zero attached hydrogens (tertiary/aromatic N) is 1. The zero-order valence-corrected chi connectivity index (χ0v) is 8.46. The van der Waals surface area contributed by atoms with E-state index in [1.165, 1.54) is 0 Å². The molecule has 72 valence electrons. The first kappa shape index (κ1) is 11.3. The fraction of sp³-hybridized carbons (Fsp3) is 0.889. The number of hydrogen-bond donors (Lipinski definition) is 0. The van der Waals surface area contributed by atoms with E-state index in [9.17, 15) is 4.79 Å². The van der Waals surface area contributed by atoms with Gasteiger partial charge in [-0.15, -0.1) is 0 Å². The molecule has 1 amide bonds. The third-order valence-corrected chi connectivity index (χ3v) is 1.47. The molecule has 0 radical (unpaired) electrons. The Morgan fingerprint density at radius 2 is 2.00 bits per heavy atom. The minimum atomic E-state index is -0.200. The maximum absolute atomic E-state index is 11.3. The third-order valence-electron chi connectivity index (χ3n) is 1.47. The van der Waals surface area contributed by atoms with Gasteiger partial charge >= 0.3 is 6.09 Å². The molecule has 0 aliphatic rings. The monoisotopic (exact) mass is 173 g/mol. The Labute approximate surface area is 74.7 Å². The number of carbonyl (C=O) groups is 1. The van der Waals surface area contributed by atoms with Crippen molar-refractivity contribution in [3.05, 3.63) is 0 Å². The van der Waals surface area contributed by atoms with Crippen LogP contribution < -0.4 is 0 Å². The van der Waals surface area contributed by atoms with E-state index in [0.717, 1.165) is 19.5 Å². The summed E-state index contributed by atoms with van der Waals surface area (Å²) in [6.45, 7) is 9.22. The second-order valence-electron chi connectivity index (χ2n) is 3.01. The van der Waals surface area contributed by atoms with Crippen LogP contribution in [0.25, 0.3) is 0 Å². The van der Waals surface area contributed by atoms with Crippen molar-refractivity contribution in [2.24, 2.45) is 0 Å². The molecule has 0 aliphatic heterocycles. The van der Waals surface area contributed by atoms with Crippen LogP contribution in [0.2, 0.25) is 0 Å². The van der Waals surface area contributed by atoms with E-state index in [1.54, 1.807) is 4.90 Å². The summed E-state index contributed by atoms with van der Waals surface area (Å²) >= 11 is 0. The summed E-state index contributed by atoms with van der Waals surface area (Å²) in [7, 11) is 0. The van der Waals surface area contributed by atoms with E-state index in [0.29, 0.717) is 0 Å². The molecular formula is C9H19NO2. The van der Waals surface area contributed by atoms with Gasteiger partial charge in [-0.05, 0) is 27.2 Å². The highest BCUT2D eigenvalue weighted by molar-refractivity contribution is 5.67. The minimum absolute atomic E-state index is 0.0246. The van der Waals surface area contributed by atoms with Gasteiger partial charge in [-0.3, -0.25) is 0 Å². The zero-order chi connectivity index (χ0) is 9.56. The summed E-state index contributed by atoms with van der Waals surface area (Å²) in [5.74, 6) is 0. The van der Waals surface area contributed by atoms with Crippen LogP contribution in [0.5, 0.6) is 0 Å². The van der Waals surface area contributed by atoms with Crippen LogP contribution in [0.15, 0.2) is 0 Å². The Morgan fingerprint density at radius 1 is 1.42 bits per heavy atom. The van der Waals surface area contributed by atoms with E-state index in [2.05, 4.69) is 0 Å². The average Bonchev–Trinajstić information content (AvgIpc) is 1.98. The van der Waals surface area contributed by atoms with E-state index < -0.39 is 0 Å². The van der Waals surface area contributed by atoms with Crippen molar-refractivity contribution in [3.8, 4) is 0 Å². The largest absolute Gasteiger partial charge is 0.447 e. The molecule has 0 fully saturated rings. The fourth-order valence-corrected chi connectivity index (χ4v) is 0.925. The molecule has 0 unspecified atom stereocenters. The number of carbonyl (C=O) groups excluding carboxylic acids is 1. The van der Waals surface area contributed by atoms with Gasteiger partial charge in [0.1, 0.15) is 0 Å². The van der Waals surface area contributed by atoms with Gasteiger partial charge < -0.3 is 9.64 Å². The Morgan fingerprint density at radius 3 is 2.33 bits per heavy atom. The molecule has 0 saturated carbocycles. The number of amides is 1. The molecule has 0 saturated heterocycles. The second-order valence-corrected chi connectivity index (χ2v) is 3.01. The molecule has 0 N–H and O–H groups in total. The molecule has 0 aromatic rings. The number of rotatable bonds is 4. The van der Waals surface area contributed by atoms with Crippen LogP contribution in [0.1, 0.15) is 34.1 Å². The maximum atomic E-state index is 11.3. The van der Waals surface area contributed by atoms with E-state index >= 15 is 0 Å². The van der Waals surface area contributed by atoms with Crippen molar-refractivity contribution in [1.29, 1.82) is 0 Å². The average molecular weight is 173 g/mol. The van der Waals surface area contributed by atoms with Gasteiger partial charge in [-0.25, -0.2) is 4.79 Å². The van der Waals surface area contributed by atoms with Crippen molar-refractivity contribution >= 4 is 6.09 Å². The molecule has 0 aliphatic carbocycles. The van der Waals surface area contributed by atoms with Gasteiger partial charge in [-0.2, -0.15) is 0 Å². The van der Waals surface area contributed by atoms with Gasteiger partial charge in [0.15, 0.2) is 0 Å². The highest BCUT2D eigenvalue weighted by atomic mass is 16.6. The van der Waals surface area contributed by atoms with E-state index in [-0.39, 0.29) is 12.2 Å². The normalized spacial score (nSPS) is 10.1. The first-order valence-electron chi connectivity index (χ1n) is 4.57.